The first-order valence-corrected chi connectivity index (χ1v) is 10.1. The van der Waals surface area contributed by atoms with E-state index in [1.54, 1.807) is 0 Å². The molecule has 2 rings (SSSR count). The van der Waals surface area contributed by atoms with Crippen LogP contribution in [0.5, 0.6) is 0 Å². The average molecular weight is 390 g/mol. The Balaban J connectivity index is 1.87. The maximum atomic E-state index is 12.2. The van der Waals surface area contributed by atoms with Crippen molar-refractivity contribution in [2.45, 2.75) is 83.5 Å². The summed E-state index contributed by atoms with van der Waals surface area (Å²) in [5.41, 5.74) is -0.560. The summed E-state index contributed by atoms with van der Waals surface area (Å²) in [6.07, 6.45) is 6.88. The van der Waals surface area contributed by atoms with Gasteiger partial charge in [0, 0.05) is 18.4 Å². The lowest BCUT2D eigenvalue weighted by Gasteiger charge is -2.44. The van der Waals surface area contributed by atoms with E-state index in [0.717, 1.165) is 24.1 Å². The number of likely N-dealkylation sites (tertiary alicyclic amines) is 1. The van der Waals surface area contributed by atoms with Crippen molar-refractivity contribution in [2.75, 3.05) is 18.4 Å². The highest BCUT2D eigenvalue weighted by Gasteiger charge is 2.39. The molecule has 0 spiro atoms. The van der Waals surface area contributed by atoms with Crippen molar-refractivity contribution in [3.05, 3.63) is 0 Å². The van der Waals surface area contributed by atoms with Crippen molar-refractivity contribution in [1.29, 1.82) is 0 Å². The van der Waals surface area contributed by atoms with Gasteiger partial charge in [0.15, 0.2) is 0 Å². The van der Waals surface area contributed by atoms with Crippen LogP contribution in [-0.2, 0) is 9.47 Å². The average Bonchev–Trinajstić information content (AvgIpc) is 2.46. The Kier molecular flexibility index (Phi) is 6.40. The van der Waals surface area contributed by atoms with Crippen LogP contribution in [-0.4, -0.2) is 46.7 Å². The van der Waals surface area contributed by atoms with Crippen molar-refractivity contribution >= 4 is 22.0 Å². The zero-order chi connectivity index (χ0) is 17.1. The fourth-order valence-electron chi connectivity index (χ4n) is 3.55. The van der Waals surface area contributed by atoms with E-state index in [1.807, 2.05) is 25.7 Å². The van der Waals surface area contributed by atoms with E-state index in [1.165, 1.54) is 25.7 Å². The highest BCUT2D eigenvalue weighted by Crippen LogP contribution is 2.35. The lowest BCUT2D eigenvalue weighted by atomic mass is 9.87. The van der Waals surface area contributed by atoms with Gasteiger partial charge in [-0.2, -0.15) is 0 Å². The molecule has 2 unspecified atom stereocenters. The lowest BCUT2D eigenvalue weighted by molar-refractivity contribution is -0.121. The van der Waals surface area contributed by atoms with E-state index in [9.17, 15) is 4.79 Å². The van der Waals surface area contributed by atoms with E-state index < -0.39 is 5.60 Å². The van der Waals surface area contributed by atoms with E-state index in [0.29, 0.717) is 19.2 Å². The maximum absolute atomic E-state index is 12.2. The normalized spacial score (nSPS) is 28.5. The quantitative estimate of drug-likeness (QED) is 0.653. The van der Waals surface area contributed by atoms with Crippen LogP contribution in [0.25, 0.3) is 0 Å². The van der Waals surface area contributed by atoms with Crippen LogP contribution in [0.4, 0.5) is 4.79 Å². The Morgan fingerprint density at radius 1 is 1.26 bits per heavy atom. The van der Waals surface area contributed by atoms with Crippen molar-refractivity contribution in [3.63, 3.8) is 0 Å². The Labute approximate surface area is 149 Å². The summed E-state index contributed by atoms with van der Waals surface area (Å²) in [7, 11) is 0. The topological polar surface area (TPSA) is 38.8 Å². The monoisotopic (exact) mass is 389 g/mol. The van der Waals surface area contributed by atoms with Gasteiger partial charge in [0.2, 0.25) is 0 Å². The van der Waals surface area contributed by atoms with Gasteiger partial charge in [0.1, 0.15) is 5.60 Å². The summed E-state index contributed by atoms with van der Waals surface area (Å²) in [5.74, 6) is 0.767. The van der Waals surface area contributed by atoms with Crippen LogP contribution in [0.3, 0.4) is 0 Å². The molecule has 1 aliphatic heterocycles. The molecule has 4 nitrogen and oxygen atoms in total. The van der Waals surface area contributed by atoms with Crippen LogP contribution in [0.15, 0.2) is 0 Å². The molecule has 0 radical (unpaired) electrons. The summed E-state index contributed by atoms with van der Waals surface area (Å²) in [4.78, 5) is 14.0. The molecule has 1 saturated heterocycles. The van der Waals surface area contributed by atoms with Crippen molar-refractivity contribution in [3.8, 4) is 0 Å². The van der Waals surface area contributed by atoms with Gasteiger partial charge in [-0.3, -0.25) is 0 Å². The van der Waals surface area contributed by atoms with Crippen LogP contribution in [0.2, 0.25) is 0 Å². The SMILES string of the molecule is CC1CCCC(OC2(CBr)CCN(C(=O)OC(C)(C)C)CC2)C1. The van der Waals surface area contributed by atoms with Crippen molar-refractivity contribution in [1.82, 2.24) is 4.90 Å². The first kappa shape index (κ1) is 19.0. The first-order chi connectivity index (χ1) is 10.7. The highest BCUT2D eigenvalue weighted by molar-refractivity contribution is 9.09. The molecule has 2 fully saturated rings. The largest absolute Gasteiger partial charge is 0.444 e. The minimum atomic E-state index is -0.435. The minimum Gasteiger partial charge on any atom is -0.444 e. The molecule has 1 saturated carbocycles. The molecule has 0 N–H and O–H groups in total. The Hall–Kier alpha value is -0.290. The van der Waals surface area contributed by atoms with Gasteiger partial charge in [0.05, 0.1) is 11.7 Å². The summed E-state index contributed by atoms with van der Waals surface area (Å²) in [5, 5.41) is 0.840. The molecule has 1 heterocycles. The number of hydrogen-bond acceptors (Lipinski definition) is 3. The van der Waals surface area contributed by atoms with Crippen LogP contribution >= 0.6 is 15.9 Å². The molecule has 1 aliphatic carbocycles. The number of piperidine rings is 1. The van der Waals surface area contributed by atoms with Crippen LogP contribution < -0.4 is 0 Å². The van der Waals surface area contributed by atoms with Gasteiger partial charge in [-0.05, 0) is 52.4 Å². The summed E-state index contributed by atoms with van der Waals surface area (Å²) < 4.78 is 12.0. The molecule has 0 aromatic rings. The van der Waals surface area contributed by atoms with Gasteiger partial charge < -0.3 is 14.4 Å². The number of carbonyl (C=O) groups is 1. The molecule has 23 heavy (non-hydrogen) atoms. The van der Waals surface area contributed by atoms with Crippen molar-refractivity contribution < 1.29 is 14.3 Å². The first-order valence-electron chi connectivity index (χ1n) is 8.95. The number of rotatable bonds is 3. The summed E-state index contributed by atoms with van der Waals surface area (Å²) in [6, 6.07) is 0. The number of ether oxygens (including phenoxy) is 2. The molecule has 2 atom stereocenters. The number of hydrogen-bond donors (Lipinski definition) is 0. The van der Waals surface area contributed by atoms with E-state index in [-0.39, 0.29) is 11.7 Å². The zero-order valence-corrected chi connectivity index (χ0v) is 16.7. The molecule has 134 valence electrons. The summed E-state index contributed by atoms with van der Waals surface area (Å²) in [6.45, 7) is 9.47. The molecule has 2 aliphatic rings. The van der Waals surface area contributed by atoms with E-state index in [2.05, 4.69) is 22.9 Å². The third-order valence-corrected chi connectivity index (χ3v) is 5.90. The molecule has 0 aromatic carbocycles. The van der Waals surface area contributed by atoms with E-state index >= 15 is 0 Å². The second kappa shape index (κ2) is 7.73. The van der Waals surface area contributed by atoms with Gasteiger partial charge in [0.25, 0.3) is 0 Å². The highest BCUT2D eigenvalue weighted by atomic mass is 79.9. The fourth-order valence-corrected chi connectivity index (χ4v) is 4.24. The third-order valence-electron chi connectivity index (χ3n) is 4.87. The standard InChI is InChI=1S/C18H32BrNO3/c1-14-6-5-7-15(12-14)22-18(13-19)8-10-20(11-9-18)16(21)23-17(2,3)4/h14-15H,5-13H2,1-4H3. The fraction of sp³-hybridized carbons (Fsp3) is 0.944. The zero-order valence-electron chi connectivity index (χ0n) is 15.1. The molecule has 0 aromatic heterocycles. The van der Waals surface area contributed by atoms with E-state index in [4.69, 9.17) is 9.47 Å². The third kappa shape index (κ3) is 5.63. The number of amides is 1. The smallest absolute Gasteiger partial charge is 0.410 e. The number of alkyl halides is 1. The molecule has 0 bridgehead atoms. The number of nitrogens with zero attached hydrogens (tertiary/aromatic N) is 1. The predicted molar refractivity (Wildman–Crippen MR) is 96.1 cm³/mol. The Bertz CT molecular complexity index is 400. The summed E-state index contributed by atoms with van der Waals surface area (Å²) >= 11 is 3.66. The van der Waals surface area contributed by atoms with Crippen molar-refractivity contribution in [2.24, 2.45) is 5.92 Å². The molecular weight excluding hydrogens is 358 g/mol. The predicted octanol–water partition coefficient (Wildman–Crippen LogP) is 4.75. The number of carbonyl (C=O) groups excluding carboxylic acids is 1. The minimum absolute atomic E-state index is 0.125. The molecule has 5 heteroatoms. The van der Waals surface area contributed by atoms with Gasteiger partial charge in [-0.15, -0.1) is 0 Å². The van der Waals surface area contributed by atoms with Crippen LogP contribution in [0, 0.1) is 5.92 Å². The van der Waals surface area contributed by atoms with Gasteiger partial charge in [-0.1, -0.05) is 35.7 Å². The van der Waals surface area contributed by atoms with Gasteiger partial charge >= 0.3 is 6.09 Å². The lowest BCUT2D eigenvalue weighted by Crippen LogP contribution is -2.51. The Morgan fingerprint density at radius 3 is 2.43 bits per heavy atom. The maximum Gasteiger partial charge on any atom is 0.410 e. The second-order valence-electron chi connectivity index (χ2n) is 8.30. The second-order valence-corrected chi connectivity index (χ2v) is 8.86. The Morgan fingerprint density at radius 2 is 1.91 bits per heavy atom. The number of halogens is 1. The molecular formula is C18H32BrNO3. The van der Waals surface area contributed by atoms with Gasteiger partial charge in [-0.25, -0.2) is 4.79 Å². The molecule has 1 amide bonds. The van der Waals surface area contributed by atoms with Crippen LogP contribution in [0.1, 0.15) is 66.2 Å².